The van der Waals surface area contributed by atoms with Crippen LogP contribution in [0.1, 0.15) is 76.7 Å². The molecule has 0 aromatic heterocycles. The topological polar surface area (TPSA) is 52.6 Å². The van der Waals surface area contributed by atoms with Gasteiger partial charge in [-0.2, -0.15) is 0 Å². The van der Waals surface area contributed by atoms with Gasteiger partial charge in [0.25, 0.3) is 0 Å². The first kappa shape index (κ1) is 24.2. The van der Waals surface area contributed by atoms with Crippen molar-refractivity contribution in [3.63, 3.8) is 0 Å². The fourth-order valence-electron chi connectivity index (χ4n) is 8.51. The highest BCUT2D eigenvalue weighted by Crippen LogP contribution is 2.67. The summed E-state index contributed by atoms with van der Waals surface area (Å²) in [6.45, 7) is 2.24. The van der Waals surface area contributed by atoms with Gasteiger partial charge in [0.05, 0.1) is 7.11 Å². The fraction of sp³-hybridized carbons (Fsp3) is 0.613. The van der Waals surface area contributed by atoms with E-state index in [1.54, 1.807) is 7.11 Å². The number of fused-ring (bicyclic) bond motifs is 5. The maximum absolute atomic E-state index is 13.2. The van der Waals surface area contributed by atoms with Gasteiger partial charge >= 0.3 is 5.97 Å². The molecule has 0 saturated heterocycles. The Morgan fingerprint density at radius 3 is 2.71 bits per heavy atom. The molecule has 0 heterocycles. The van der Waals surface area contributed by atoms with Crippen LogP contribution in [0.3, 0.4) is 0 Å². The van der Waals surface area contributed by atoms with Crippen molar-refractivity contribution >= 4 is 11.8 Å². The summed E-state index contributed by atoms with van der Waals surface area (Å²) in [5, 5.41) is 0. The average molecular weight is 475 g/mol. The minimum Gasteiger partial charge on any atom is -0.496 e. The largest absolute Gasteiger partial charge is 0.496 e. The molecule has 0 aliphatic heterocycles. The fourth-order valence-corrected chi connectivity index (χ4v) is 8.51. The van der Waals surface area contributed by atoms with Gasteiger partial charge in [-0.25, -0.2) is 0 Å². The van der Waals surface area contributed by atoms with Crippen LogP contribution in [0.4, 0.5) is 0 Å². The Balaban J connectivity index is 1.34. The first-order valence-electron chi connectivity index (χ1n) is 13.5. The highest BCUT2D eigenvalue weighted by Gasteiger charge is 2.65. The number of allylic oxidation sites excluding steroid dienone is 1. The first-order chi connectivity index (χ1) is 17.0. The van der Waals surface area contributed by atoms with Crippen molar-refractivity contribution in [2.24, 2.45) is 29.1 Å². The summed E-state index contributed by atoms with van der Waals surface area (Å²) < 4.78 is 11.8. The smallest absolute Gasteiger partial charge is 0.307 e. The summed E-state index contributed by atoms with van der Waals surface area (Å²) >= 11 is 0. The molecule has 1 aromatic carbocycles. The van der Waals surface area contributed by atoms with Crippen LogP contribution >= 0.6 is 0 Å². The van der Waals surface area contributed by atoms with Crippen molar-refractivity contribution in [3.05, 3.63) is 41.5 Å². The van der Waals surface area contributed by atoms with Gasteiger partial charge in [-0.3, -0.25) is 9.59 Å². The zero-order chi connectivity index (χ0) is 24.6. The zero-order valence-electron chi connectivity index (χ0n) is 21.2. The zero-order valence-corrected chi connectivity index (χ0v) is 21.2. The van der Waals surface area contributed by atoms with E-state index in [1.165, 1.54) is 5.57 Å². The number of ketones is 1. The van der Waals surface area contributed by atoms with Gasteiger partial charge in [-0.15, -0.1) is 6.42 Å². The van der Waals surface area contributed by atoms with Gasteiger partial charge in [-0.05, 0) is 99.2 Å². The van der Waals surface area contributed by atoms with E-state index in [9.17, 15) is 9.59 Å². The number of carbonyl (C=O) groups excluding carboxylic acids is 2. The number of hydrogen-bond acceptors (Lipinski definition) is 4. The number of para-hydroxylation sites is 1. The van der Waals surface area contributed by atoms with Crippen LogP contribution in [0, 0.1) is 41.4 Å². The number of esters is 1. The van der Waals surface area contributed by atoms with E-state index in [4.69, 9.17) is 15.9 Å². The minimum atomic E-state index is -0.812. The first-order valence-corrected chi connectivity index (χ1v) is 13.5. The quantitative estimate of drug-likeness (QED) is 0.371. The van der Waals surface area contributed by atoms with Gasteiger partial charge in [0, 0.05) is 18.3 Å². The van der Waals surface area contributed by atoms with Crippen molar-refractivity contribution in [2.75, 3.05) is 7.11 Å². The van der Waals surface area contributed by atoms with E-state index in [1.807, 2.05) is 30.3 Å². The number of benzene rings is 1. The van der Waals surface area contributed by atoms with Crippen molar-refractivity contribution in [2.45, 2.75) is 83.2 Å². The predicted molar refractivity (Wildman–Crippen MR) is 136 cm³/mol. The third-order valence-corrected chi connectivity index (χ3v) is 10.1. The number of ether oxygens (including phenoxy) is 2. The van der Waals surface area contributed by atoms with Gasteiger partial charge in [0.15, 0.2) is 11.4 Å². The SMILES string of the molecule is C#C[C@]1(OC(=O)CCc2ccccc2OC)CCC2C3CCC4=CC(=O)CCC4C3CC[C@@]21CC. The second-order valence-corrected chi connectivity index (χ2v) is 11.1. The summed E-state index contributed by atoms with van der Waals surface area (Å²) in [4.78, 5) is 25.2. The molecule has 0 radical (unpaired) electrons. The minimum absolute atomic E-state index is 0.144. The molecular weight excluding hydrogens is 436 g/mol. The van der Waals surface area contributed by atoms with Crippen LogP contribution in [0.25, 0.3) is 0 Å². The van der Waals surface area contributed by atoms with E-state index in [2.05, 4.69) is 12.8 Å². The van der Waals surface area contributed by atoms with E-state index in [0.29, 0.717) is 48.7 Å². The molecule has 6 atom stereocenters. The van der Waals surface area contributed by atoms with Gasteiger partial charge < -0.3 is 9.47 Å². The monoisotopic (exact) mass is 474 g/mol. The lowest BCUT2D eigenvalue weighted by Gasteiger charge is -2.56. The molecule has 0 N–H and O–H groups in total. The number of terminal acetylenes is 1. The third kappa shape index (κ3) is 3.92. The van der Waals surface area contributed by atoms with Gasteiger partial charge in [0.2, 0.25) is 0 Å². The molecule has 0 spiro atoms. The molecule has 35 heavy (non-hydrogen) atoms. The molecule has 186 valence electrons. The molecule has 4 aliphatic rings. The maximum atomic E-state index is 13.2. The Hall–Kier alpha value is -2.54. The molecular formula is C31H38O4. The highest BCUT2D eigenvalue weighted by atomic mass is 16.6. The summed E-state index contributed by atoms with van der Waals surface area (Å²) in [6.07, 6.45) is 17.8. The molecule has 3 saturated carbocycles. The lowest BCUT2D eigenvalue weighted by atomic mass is 9.49. The van der Waals surface area contributed by atoms with Crippen molar-refractivity contribution < 1.29 is 19.1 Å². The molecule has 4 aliphatic carbocycles. The molecule has 0 amide bonds. The summed E-state index contributed by atoms with van der Waals surface area (Å²) in [7, 11) is 1.65. The molecule has 3 fully saturated rings. The number of aryl methyl sites for hydroxylation is 1. The summed E-state index contributed by atoms with van der Waals surface area (Å²) in [6, 6.07) is 7.81. The van der Waals surface area contributed by atoms with Crippen molar-refractivity contribution in [1.29, 1.82) is 0 Å². The summed E-state index contributed by atoms with van der Waals surface area (Å²) in [5.41, 5.74) is 1.45. The molecule has 4 heteroatoms. The Morgan fingerprint density at radius 2 is 1.94 bits per heavy atom. The van der Waals surface area contributed by atoms with Crippen LogP contribution in [-0.4, -0.2) is 24.5 Å². The van der Waals surface area contributed by atoms with E-state index >= 15 is 0 Å². The second-order valence-electron chi connectivity index (χ2n) is 11.1. The van der Waals surface area contributed by atoms with Gasteiger partial charge in [0.1, 0.15) is 5.75 Å². The van der Waals surface area contributed by atoms with Crippen molar-refractivity contribution in [3.8, 4) is 18.1 Å². The van der Waals surface area contributed by atoms with E-state index < -0.39 is 5.60 Å². The Bertz CT molecular complexity index is 1060. The standard InChI is InChI=1S/C31H38O4/c1-4-30-18-16-25-24-14-12-23(32)20-22(24)10-13-26(25)27(30)17-19-31(30,5-2)35-29(33)15-11-21-8-6-7-9-28(21)34-3/h2,6-9,20,24-27H,4,10-19H2,1,3H3/t24?,25?,26?,27?,30-,31-/m0/s1. The van der Waals surface area contributed by atoms with Crippen LogP contribution in [0.5, 0.6) is 5.75 Å². The molecule has 5 rings (SSSR count). The third-order valence-electron chi connectivity index (χ3n) is 10.1. The Labute approximate surface area is 209 Å². The normalized spacial score (nSPS) is 35.7. The van der Waals surface area contributed by atoms with E-state index in [-0.39, 0.29) is 11.4 Å². The van der Waals surface area contributed by atoms with E-state index in [0.717, 1.165) is 62.7 Å². The Morgan fingerprint density at radius 1 is 1.11 bits per heavy atom. The number of methoxy groups -OCH3 is 1. The second kappa shape index (κ2) is 9.49. The van der Waals surface area contributed by atoms with Crippen LogP contribution < -0.4 is 4.74 Å². The highest BCUT2D eigenvalue weighted by molar-refractivity contribution is 5.91. The van der Waals surface area contributed by atoms with Crippen LogP contribution in [0.15, 0.2) is 35.9 Å². The molecule has 4 unspecified atom stereocenters. The lowest BCUT2D eigenvalue weighted by molar-refractivity contribution is -0.173. The number of hydrogen-bond donors (Lipinski definition) is 0. The Kier molecular flexibility index (Phi) is 6.55. The lowest BCUT2D eigenvalue weighted by Crippen LogP contribution is -2.55. The van der Waals surface area contributed by atoms with Crippen LogP contribution in [-0.2, 0) is 20.7 Å². The average Bonchev–Trinajstić information content (AvgIpc) is 3.21. The summed E-state index contributed by atoms with van der Waals surface area (Å²) in [5.74, 6) is 6.26. The number of carbonyl (C=O) groups is 2. The van der Waals surface area contributed by atoms with Crippen molar-refractivity contribution in [1.82, 2.24) is 0 Å². The maximum Gasteiger partial charge on any atom is 0.307 e. The van der Waals surface area contributed by atoms with Crippen LogP contribution in [0.2, 0.25) is 0 Å². The van der Waals surface area contributed by atoms with Gasteiger partial charge in [-0.1, -0.05) is 36.6 Å². The number of rotatable bonds is 6. The molecule has 4 nitrogen and oxygen atoms in total. The predicted octanol–water partition coefficient (Wildman–Crippen LogP) is 6.07. The molecule has 1 aromatic rings. The molecule has 0 bridgehead atoms.